The zero-order valence-corrected chi connectivity index (χ0v) is 11.2. The highest BCUT2D eigenvalue weighted by atomic mass is 16.6. The van der Waals surface area contributed by atoms with Crippen LogP contribution in [0.1, 0.15) is 24.3 Å². The van der Waals surface area contributed by atoms with E-state index in [1.807, 2.05) is 13.8 Å². The number of primary amides is 1. The average molecular weight is 265 g/mol. The molecule has 0 bridgehead atoms. The molecule has 1 atom stereocenters. The van der Waals surface area contributed by atoms with Gasteiger partial charge in [0, 0.05) is 19.2 Å². The van der Waals surface area contributed by atoms with Gasteiger partial charge >= 0.3 is 0 Å². The number of hydrogen-bond donors (Lipinski definition) is 2. The first-order chi connectivity index (χ1) is 8.96. The Balaban J connectivity index is 1.91. The van der Waals surface area contributed by atoms with E-state index in [2.05, 4.69) is 10.3 Å². The van der Waals surface area contributed by atoms with Gasteiger partial charge in [-0.2, -0.15) is 0 Å². The highest BCUT2D eigenvalue weighted by Crippen LogP contribution is 2.16. The topological polar surface area (TPSA) is 86.5 Å². The molecule has 1 aromatic rings. The van der Waals surface area contributed by atoms with Crippen molar-refractivity contribution in [1.82, 2.24) is 10.3 Å². The Bertz CT molecular complexity index is 462. The SMILES string of the molecule is CC1(C)CNCC(COc2cccc(C(N)=O)n2)O1. The van der Waals surface area contributed by atoms with Crippen LogP contribution >= 0.6 is 0 Å². The maximum atomic E-state index is 11.0. The van der Waals surface area contributed by atoms with Gasteiger partial charge in [-0.1, -0.05) is 6.07 Å². The standard InChI is InChI=1S/C13H19N3O3/c1-13(2)8-15-6-9(19-13)7-18-11-5-3-4-10(16-11)12(14)17/h3-5,9,15H,6-8H2,1-2H3,(H2,14,17). The maximum absolute atomic E-state index is 11.0. The summed E-state index contributed by atoms with van der Waals surface area (Å²) in [7, 11) is 0. The van der Waals surface area contributed by atoms with Crippen LogP contribution in [-0.4, -0.2) is 42.3 Å². The fraction of sp³-hybridized carbons (Fsp3) is 0.538. The predicted octanol–water partition coefficient (Wildman–Crippen LogP) is 0.326. The lowest BCUT2D eigenvalue weighted by Gasteiger charge is -2.36. The maximum Gasteiger partial charge on any atom is 0.267 e. The summed E-state index contributed by atoms with van der Waals surface area (Å²) >= 11 is 0. The Morgan fingerprint density at radius 2 is 2.42 bits per heavy atom. The molecule has 2 rings (SSSR count). The Hall–Kier alpha value is -1.66. The fourth-order valence-corrected chi connectivity index (χ4v) is 1.97. The molecule has 1 aromatic heterocycles. The molecule has 1 fully saturated rings. The van der Waals surface area contributed by atoms with Crippen LogP contribution in [0.3, 0.4) is 0 Å². The first kappa shape index (κ1) is 13.8. The second-order valence-electron chi connectivity index (χ2n) is 5.17. The molecule has 0 aliphatic carbocycles. The number of aromatic nitrogens is 1. The summed E-state index contributed by atoms with van der Waals surface area (Å²) in [6, 6.07) is 4.93. The molecule has 1 aliphatic rings. The molecule has 0 spiro atoms. The second kappa shape index (κ2) is 5.54. The van der Waals surface area contributed by atoms with E-state index in [1.165, 1.54) is 0 Å². The lowest BCUT2D eigenvalue weighted by Crippen LogP contribution is -2.52. The third kappa shape index (κ3) is 3.90. The van der Waals surface area contributed by atoms with Crippen molar-refractivity contribution in [2.75, 3.05) is 19.7 Å². The van der Waals surface area contributed by atoms with E-state index in [0.717, 1.165) is 13.1 Å². The Kier molecular flexibility index (Phi) is 4.01. The third-order valence-corrected chi connectivity index (χ3v) is 2.80. The molecule has 19 heavy (non-hydrogen) atoms. The summed E-state index contributed by atoms with van der Waals surface area (Å²) in [5, 5.41) is 3.29. The van der Waals surface area contributed by atoms with Crippen LogP contribution < -0.4 is 15.8 Å². The first-order valence-corrected chi connectivity index (χ1v) is 6.24. The van der Waals surface area contributed by atoms with Crippen LogP contribution in [0.2, 0.25) is 0 Å². The zero-order valence-electron chi connectivity index (χ0n) is 11.2. The van der Waals surface area contributed by atoms with Crippen LogP contribution in [0, 0.1) is 0 Å². The summed E-state index contributed by atoms with van der Waals surface area (Å²) in [5.74, 6) is -0.189. The Morgan fingerprint density at radius 3 is 3.11 bits per heavy atom. The van der Waals surface area contributed by atoms with E-state index >= 15 is 0 Å². The summed E-state index contributed by atoms with van der Waals surface area (Å²) in [5.41, 5.74) is 5.16. The number of ether oxygens (including phenoxy) is 2. The molecule has 3 N–H and O–H groups in total. The lowest BCUT2D eigenvalue weighted by atomic mass is 10.1. The molecule has 0 aromatic carbocycles. The molecule has 1 unspecified atom stereocenters. The third-order valence-electron chi connectivity index (χ3n) is 2.80. The number of carbonyl (C=O) groups is 1. The van der Waals surface area contributed by atoms with Gasteiger partial charge in [0.25, 0.3) is 5.91 Å². The van der Waals surface area contributed by atoms with Gasteiger partial charge in [-0.05, 0) is 19.9 Å². The number of nitrogens with one attached hydrogen (secondary N) is 1. The van der Waals surface area contributed by atoms with E-state index < -0.39 is 5.91 Å². The molecular weight excluding hydrogens is 246 g/mol. The molecule has 6 nitrogen and oxygen atoms in total. The van der Waals surface area contributed by atoms with Gasteiger partial charge in [0.15, 0.2) is 0 Å². The molecule has 2 heterocycles. The van der Waals surface area contributed by atoms with Crippen molar-refractivity contribution < 1.29 is 14.3 Å². The normalized spacial score (nSPS) is 21.9. The molecule has 6 heteroatoms. The second-order valence-corrected chi connectivity index (χ2v) is 5.17. The van der Waals surface area contributed by atoms with Gasteiger partial charge in [-0.15, -0.1) is 0 Å². The summed E-state index contributed by atoms with van der Waals surface area (Å²) in [4.78, 5) is 15.0. The number of nitrogens with two attached hydrogens (primary N) is 1. The Morgan fingerprint density at radius 1 is 1.63 bits per heavy atom. The number of pyridine rings is 1. The van der Waals surface area contributed by atoms with Crippen LogP contribution in [0.25, 0.3) is 0 Å². The van der Waals surface area contributed by atoms with Crippen molar-refractivity contribution in [2.45, 2.75) is 25.6 Å². The minimum atomic E-state index is -0.567. The highest BCUT2D eigenvalue weighted by molar-refractivity contribution is 5.90. The highest BCUT2D eigenvalue weighted by Gasteiger charge is 2.28. The van der Waals surface area contributed by atoms with Crippen LogP contribution in [0.5, 0.6) is 5.88 Å². The van der Waals surface area contributed by atoms with Gasteiger partial charge in [0.2, 0.25) is 5.88 Å². The minimum Gasteiger partial charge on any atom is -0.475 e. The van der Waals surface area contributed by atoms with Gasteiger partial charge in [-0.3, -0.25) is 4.79 Å². The van der Waals surface area contributed by atoms with Gasteiger partial charge in [-0.25, -0.2) is 4.98 Å². The number of nitrogens with zero attached hydrogens (tertiary/aromatic N) is 1. The largest absolute Gasteiger partial charge is 0.475 e. The van der Waals surface area contributed by atoms with Crippen molar-refractivity contribution in [3.63, 3.8) is 0 Å². The summed E-state index contributed by atoms with van der Waals surface area (Å²) in [6.07, 6.45) is -0.0391. The minimum absolute atomic E-state index is 0.0391. The number of hydrogen-bond acceptors (Lipinski definition) is 5. The smallest absolute Gasteiger partial charge is 0.267 e. The van der Waals surface area contributed by atoms with E-state index in [1.54, 1.807) is 18.2 Å². The molecule has 104 valence electrons. The van der Waals surface area contributed by atoms with Crippen molar-refractivity contribution in [3.05, 3.63) is 23.9 Å². The quantitative estimate of drug-likeness (QED) is 0.819. The average Bonchev–Trinajstić information content (AvgIpc) is 2.35. The molecule has 0 radical (unpaired) electrons. The molecule has 1 amide bonds. The molecule has 1 saturated heterocycles. The van der Waals surface area contributed by atoms with E-state index in [-0.39, 0.29) is 17.4 Å². The van der Waals surface area contributed by atoms with Gasteiger partial charge in [0.1, 0.15) is 18.4 Å². The molecular formula is C13H19N3O3. The van der Waals surface area contributed by atoms with E-state index in [9.17, 15) is 4.79 Å². The predicted molar refractivity (Wildman–Crippen MR) is 70.1 cm³/mol. The van der Waals surface area contributed by atoms with E-state index in [4.69, 9.17) is 15.2 Å². The van der Waals surface area contributed by atoms with Crippen molar-refractivity contribution in [1.29, 1.82) is 0 Å². The first-order valence-electron chi connectivity index (χ1n) is 6.24. The van der Waals surface area contributed by atoms with Crippen LogP contribution in [0.15, 0.2) is 18.2 Å². The van der Waals surface area contributed by atoms with Crippen molar-refractivity contribution >= 4 is 5.91 Å². The molecule has 0 saturated carbocycles. The zero-order chi connectivity index (χ0) is 13.9. The number of carbonyl (C=O) groups excluding carboxylic acids is 1. The Labute approximate surface area is 112 Å². The van der Waals surface area contributed by atoms with Gasteiger partial charge in [0.05, 0.1) is 5.60 Å². The van der Waals surface area contributed by atoms with E-state index in [0.29, 0.717) is 12.5 Å². The summed E-state index contributed by atoms with van der Waals surface area (Å²) in [6.45, 7) is 5.99. The number of rotatable bonds is 4. The van der Waals surface area contributed by atoms with Crippen LogP contribution in [-0.2, 0) is 4.74 Å². The lowest BCUT2D eigenvalue weighted by molar-refractivity contribution is -0.107. The monoisotopic (exact) mass is 265 g/mol. The van der Waals surface area contributed by atoms with Crippen molar-refractivity contribution in [3.8, 4) is 5.88 Å². The molecule has 1 aliphatic heterocycles. The fourth-order valence-electron chi connectivity index (χ4n) is 1.97. The van der Waals surface area contributed by atoms with Crippen LogP contribution in [0.4, 0.5) is 0 Å². The number of morpholine rings is 1. The number of amides is 1. The van der Waals surface area contributed by atoms with Crippen molar-refractivity contribution in [2.24, 2.45) is 5.73 Å². The van der Waals surface area contributed by atoms with Gasteiger partial charge < -0.3 is 20.5 Å². The summed E-state index contributed by atoms with van der Waals surface area (Å²) < 4.78 is 11.4.